The van der Waals surface area contributed by atoms with E-state index in [1.165, 1.54) is 10.8 Å². The number of aliphatic hydroxyl groups excluding tert-OH is 1. The summed E-state index contributed by atoms with van der Waals surface area (Å²) >= 11 is 0. The SMILES string of the molecule is Cc1cn(C2CC(N=[N+]=[N-])C(COC(=O)C3(O)CCC4C5CCC6=CC(=O)CCC6(C)C5C(O)CC43C)O2)c(=O)[nH]c1=O. The molecule has 13 heteroatoms. The van der Waals surface area contributed by atoms with Crippen molar-refractivity contribution in [2.24, 2.45) is 33.7 Å². The summed E-state index contributed by atoms with van der Waals surface area (Å²) in [5.41, 5.74) is 6.31. The highest BCUT2D eigenvalue weighted by Gasteiger charge is 2.69. The summed E-state index contributed by atoms with van der Waals surface area (Å²) in [6.45, 7) is 5.27. The predicted octanol–water partition coefficient (Wildman–Crippen LogP) is 2.59. The minimum absolute atomic E-state index is 0.00662. The van der Waals surface area contributed by atoms with Crippen LogP contribution < -0.4 is 11.2 Å². The molecule has 13 nitrogen and oxygen atoms in total. The molecule has 1 aromatic rings. The lowest BCUT2D eigenvalue weighted by molar-refractivity contribution is -0.202. The molecule has 232 valence electrons. The second kappa shape index (κ2) is 10.4. The number of nitrogens with zero attached hydrogens (tertiary/aromatic N) is 4. The van der Waals surface area contributed by atoms with Gasteiger partial charge in [0, 0.05) is 34.9 Å². The molecule has 10 atom stereocenters. The number of hydrogen-bond donors (Lipinski definition) is 3. The van der Waals surface area contributed by atoms with Crippen LogP contribution in [0.15, 0.2) is 32.5 Å². The summed E-state index contributed by atoms with van der Waals surface area (Å²) in [7, 11) is 0. The quantitative estimate of drug-likeness (QED) is 0.199. The van der Waals surface area contributed by atoms with E-state index < -0.39 is 52.7 Å². The van der Waals surface area contributed by atoms with E-state index >= 15 is 0 Å². The second-order valence-corrected chi connectivity index (χ2v) is 13.7. The number of aryl methyl sites for hydroxylation is 1. The van der Waals surface area contributed by atoms with Crippen molar-refractivity contribution in [1.29, 1.82) is 0 Å². The zero-order valence-corrected chi connectivity index (χ0v) is 24.7. The van der Waals surface area contributed by atoms with Crippen molar-refractivity contribution >= 4 is 11.8 Å². The van der Waals surface area contributed by atoms with Gasteiger partial charge in [0.05, 0.1) is 12.1 Å². The molecule has 4 aliphatic carbocycles. The zero-order chi connectivity index (χ0) is 30.9. The molecule has 1 saturated heterocycles. The van der Waals surface area contributed by atoms with E-state index in [0.717, 1.165) is 18.4 Å². The van der Waals surface area contributed by atoms with Crippen molar-refractivity contribution in [3.05, 3.63) is 54.7 Å². The summed E-state index contributed by atoms with van der Waals surface area (Å²) in [5, 5.41) is 27.4. The van der Waals surface area contributed by atoms with Crippen LogP contribution in [0.4, 0.5) is 0 Å². The molecule has 0 aromatic carbocycles. The monoisotopic (exact) mass is 597 g/mol. The van der Waals surface area contributed by atoms with E-state index in [0.29, 0.717) is 24.8 Å². The van der Waals surface area contributed by atoms with Gasteiger partial charge >= 0.3 is 11.7 Å². The number of carbonyl (C=O) groups excluding carboxylic acids is 2. The van der Waals surface area contributed by atoms with E-state index in [1.54, 1.807) is 13.0 Å². The van der Waals surface area contributed by atoms with E-state index in [-0.39, 0.29) is 54.8 Å². The minimum Gasteiger partial charge on any atom is -0.461 e. The summed E-state index contributed by atoms with van der Waals surface area (Å²) in [5.74, 6) is -0.630. The number of allylic oxidation sites excluding steroid dienone is 1. The number of aliphatic hydroxyl groups is 2. The lowest BCUT2D eigenvalue weighted by Crippen LogP contribution is -2.62. The van der Waals surface area contributed by atoms with Gasteiger partial charge in [-0.15, -0.1) is 0 Å². The third-order valence-electron chi connectivity index (χ3n) is 11.6. The minimum atomic E-state index is -1.83. The molecule has 6 rings (SSSR count). The highest BCUT2D eigenvalue weighted by Crippen LogP contribution is 2.67. The fraction of sp³-hybridized carbons (Fsp3) is 0.733. The Kier molecular flexibility index (Phi) is 7.23. The smallest absolute Gasteiger partial charge is 0.338 e. The van der Waals surface area contributed by atoms with Crippen molar-refractivity contribution in [1.82, 2.24) is 9.55 Å². The number of esters is 1. The van der Waals surface area contributed by atoms with Crippen LogP contribution in [0.25, 0.3) is 10.4 Å². The Hall–Kier alpha value is -3.25. The molecule has 43 heavy (non-hydrogen) atoms. The first-order chi connectivity index (χ1) is 20.3. The van der Waals surface area contributed by atoms with Crippen LogP contribution in [0.5, 0.6) is 0 Å². The maximum absolute atomic E-state index is 13.7. The molecule has 0 bridgehead atoms. The van der Waals surface area contributed by atoms with Crippen LogP contribution in [-0.4, -0.2) is 62.0 Å². The molecule has 10 unspecified atom stereocenters. The molecule has 5 aliphatic rings. The molecule has 0 radical (unpaired) electrons. The molecule has 0 spiro atoms. The normalized spacial score (nSPS) is 41.8. The zero-order valence-electron chi connectivity index (χ0n) is 24.7. The van der Waals surface area contributed by atoms with Crippen molar-refractivity contribution in [3.8, 4) is 0 Å². The Morgan fingerprint density at radius 3 is 2.77 bits per heavy atom. The molecular weight excluding hydrogens is 558 g/mol. The van der Waals surface area contributed by atoms with Crippen molar-refractivity contribution < 1.29 is 29.3 Å². The largest absolute Gasteiger partial charge is 0.461 e. The fourth-order valence-electron chi connectivity index (χ4n) is 9.33. The standard InChI is InChI=1S/C30H39N5O8/c1-15-13-35(27(40)32-25(15)38)23-11-20(33-34-31)22(43-23)14-42-26(39)30(41)9-7-19-18-5-4-16-10-17(36)6-8-28(16,2)24(18)21(37)12-29(19,30)3/h10,13,18-24,37,41H,4-9,11-12,14H2,1-3H3,(H,32,38,40). The number of fused-ring (bicyclic) bond motifs is 5. The van der Waals surface area contributed by atoms with Crippen LogP contribution in [-0.2, 0) is 19.1 Å². The number of hydrogen-bond acceptors (Lipinski definition) is 9. The van der Waals surface area contributed by atoms with Crippen molar-refractivity contribution in [2.45, 2.75) is 102 Å². The van der Waals surface area contributed by atoms with Gasteiger partial charge in [-0.3, -0.25) is 19.1 Å². The Morgan fingerprint density at radius 2 is 2.02 bits per heavy atom. The summed E-state index contributed by atoms with van der Waals surface area (Å²) < 4.78 is 12.9. The first-order valence-electron chi connectivity index (χ1n) is 15.2. The predicted molar refractivity (Wildman–Crippen MR) is 152 cm³/mol. The fourth-order valence-corrected chi connectivity index (χ4v) is 9.33. The molecule has 3 N–H and O–H groups in total. The molecule has 1 aliphatic heterocycles. The van der Waals surface area contributed by atoms with Crippen molar-refractivity contribution in [2.75, 3.05) is 6.61 Å². The Labute approximate surface area is 247 Å². The number of azide groups is 1. The lowest BCUT2D eigenvalue weighted by Gasteiger charge is -2.60. The Morgan fingerprint density at radius 1 is 1.26 bits per heavy atom. The average molecular weight is 598 g/mol. The second-order valence-electron chi connectivity index (χ2n) is 13.7. The topological polar surface area (TPSA) is 197 Å². The van der Waals surface area contributed by atoms with E-state index in [2.05, 4.69) is 21.9 Å². The van der Waals surface area contributed by atoms with Gasteiger partial charge in [0.1, 0.15) is 18.9 Å². The summed E-state index contributed by atoms with van der Waals surface area (Å²) in [6, 6.07) is -0.756. The van der Waals surface area contributed by atoms with Crippen LogP contribution in [0.2, 0.25) is 0 Å². The number of nitrogens with one attached hydrogen (secondary N) is 1. The van der Waals surface area contributed by atoms with E-state index in [4.69, 9.17) is 15.0 Å². The maximum Gasteiger partial charge on any atom is 0.338 e. The third-order valence-corrected chi connectivity index (χ3v) is 11.6. The Balaban J connectivity index is 1.19. The maximum atomic E-state index is 13.7. The van der Waals surface area contributed by atoms with Crippen LogP contribution in [0.3, 0.4) is 0 Å². The molecule has 4 fully saturated rings. The molecule has 2 heterocycles. The summed E-state index contributed by atoms with van der Waals surface area (Å²) in [6.07, 6.45) is 4.54. The first-order valence-corrected chi connectivity index (χ1v) is 15.2. The van der Waals surface area contributed by atoms with Gasteiger partial charge in [-0.2, -0.15) is 0 Å². The molecular formula is C30H39N5O8. The summed E-state index contributed by atoms with van der Waals surface area (Å²) in [4.78, 5) is 55.1. The third kappa shape index (κ3) is 4.51. The highest BCUT2D eigenvalue weighted by atomic mass is 16.6. The molecule has 1 aromatic heterocycles. The number of H-pyrrole nitrogens is 1. The van der Waals surface area contributed by atoms with Gasteiger partial charge in [0.15, 0.2) is 11.4 Å². The Bertz CT molecular complexity index is 1550. The van der Waals surface area contributed by atoms with Crippen molar-refractivity contribution in [3.63, 3.8) is 0 Å². The van der Waals surface area contributed by atoms with Gasteiger partial charge in [-0.25, -0.2) is 9.59 Å². The van der Waals surface area contributed by atoms with Gasteiger partial charge in [0.2, 0.25) is 0 Å². The number of rotatable bonds is 5. The lowest BCUT2D eigenvalue weighted by atomic mass is 9.45. The average Bonchev–Trinajstić information content (AvgIpc) is 3.47. The van der Waals surface area contributed by atoms with Gasteiger partial charge in [-0.05, 0) is 80.2 Å². The van der Waals surface area contributed by atoms with E-state index in [9.17, 15) is 29.4 Å². The van der Waals surface area contributed by atoms with E-state index in [1.807, 2.05) is 6.92 Å². The van der Waals surface area contributed by atoms with Gasteiger partial charge < -0.3 is 19.7 Å². The molecule has 3 saturated carbocycles. The number of aromatic amines is 1. The first kappa shape index (κ1) is 29.8. The van der Waals surface area contributed by atoms with Gasteiger partial charge in [0.25, 0.3) is 5.56 Å². The van der Waals surface area contributed by atoms with Crippen LogP contribution in [0, 0.1) is 35.5 Å². The molecule has 0 amide bonds. The van der Waals surface area contributed by atoms with Crippen LogP contribution in [0.1, 0.15) is 77.0 Å². The number of carbonyl (C=O) groups is 2. The highest BCUT2D eigenvalue weighted by molar-refractivity contribution is 5.91. The number of aromatic nitrogens is 2. The number of ketones is 1. The van der Waals surface area contributed by atoms with Crippen LogP contribution >= 0.6 is 0 Å². The number of ether oxygens (including phenoxy) is 2. The van der Waals surface area contributed by atoms with Gasteiger partial charge in [-0.1, -0.05) is 24.5 Å².